The molecule has 0 aromatic carbocycles. The fraction of sp³-hybridized carbons (Fsp3) is 0.600. The van der Waals surface area contributed by atoms with Crippen LogP contribution in [0.1, 0.15) is 0 Å². The number of aliphatic imine (C=N–C) groups is 2. The molecule has 1 rings (SSSR count). The van der Waals surface area contributed by atoms with Crippen LogP contribution in [0.25, 0.3) is 0 Å². The lowest BCUT2D eigenvalue weighted by Gasteiger charge is -2.31. The van der Waals surface area contributed by atoms with Gasteiger partial charge < -0.3 is 5.73 Å². The number of nitrogens with two attached hydrogens (primary N) is 2. The molecule has 1 unspecified atom stereocenters. The van der Waals surface area contributed by atoms with Crippen LogP contribution in [0.5, 0.6) is 0 Å². The third kappa shape index (κ3) is 1.66. The van der Waals surface area contributed by atoms with E-state index in [9.17, 15) is 0 Å². The molecule has 0 radical (unpaired) electrons. The van der Waals surface area contributed by atoms with Gasteiger partial charge in [0.2, 0.25) is 5.96 Å². The summed E-state index contributed by atoms with van der Waals surface area (Å²) >= 11 is 0. The maximum absolute atomic E-state index is 5.60. The molecule has 0 spiro atoms. The molecule has 1 atom stereocenters. The Morgan fingerprint density at radius 3 is 2.73 bits per heavy atom. The van der Waals surface area contributed by atoms with Crippen LogP contribution in [0.4, 0.5) is 0 Å². The molecule has 0 amide bonds. The monoisotopic (exact) mass is 156 g/mol. The lowest BCUT2D eigenvalue weighted by molar-refractivity contribution is 0.0728. The highest BCUT2D eigenvalue weighted by molar-refractivity contribution is 5.87. The van der Waals surface area contributed by atoms with Crippen molar-refractivity contribution in [3.8, 4) is 0 Å². The summed E-state index contributed by atoms with van der Waals surface area (Å²) in [5, 5.41) is 3.44. The van der Waals surface area contributed by atoms with Gasteiger partial charge in [0.25, 0.3) is 0 Å². The maximum Gasteiger partial charge on any atom is 0.220 e. The van der Waals surface area contributed by atoms with Crippen LogP contribution in [0, 0.1) is 0 Å². The predicted molar refractivity (Wildman–Crippen MR) is 43.6 cm³/mol. The van der Waals surface area contributed by atoms with Crippen molar-refractivity contribution in [2.45, 2.75) is 6.29 Å². The summed E-state index contributed by atoms with van der Waals surface area (Å²) in [6, 6.07) is 0. The average Bonchev–Trinajstić information content (AvgIpc) is 1.85. The van der Waals surface area contributed by atoms with E-state index >= 15 is 0 Å². The summed E-state index contributed by atoms with van der Waals surface area (Å²) < 4.78 is 0. The quantitative estimate of drug-likeness (QED) is 0.477. The summed E-state index contributed by atoms with van der Waals surface area (Å²) in [6.45, 7) is 0. The molecule has 0 saturated carbocycles. The number of hydrazine groups is 1. The van der Waals surface area contributed by atoms with Crippen LogP contribution < -0.4 is 11.5 Å². The highest BCUT2D eigenvalue weighted by Gasteiger charge is 2.15. The molecule has 62 valence electrons. The second-order valence-corrected chi connectivity index (χ2v) is 2.37. The van der Waals surface area contributed by atoms with Gasteiger partial charge in [0.1, 0.15) is 6.34 Å². The minimum absolute atomic E-state index is 0.218. The summed E-state index contributed by atoms with van der Waals surface area (Å²) in [7, 11) is 3.70. The second kappa shape index (κ2) is 2.85. The largest absolute Gasteiger partial charge is 0.368 e. The van der Waals surface area contributed by atoms with E-state index < -0.39 is 6.29 Å². The SMILES string of the molecule is CN(C)N1C=NC(N)=NC1N. The average molecular weight is 156 g/mol. The van der Waals surface area contributed by atoms with Gasteiger partial charge >= 0.3 is 0 Å². The molecule has 1 heterocycles. The molecule has 0 saturated heterocycles. The molecule has 0 aliphatic carbocycles. The molecule has 6 heteroatoms. The van der Waals surface area contributed by atoms with E-state index in [1.54, 1.807) is 16.4 Å². The van der Waals surface area contributed by atoms with Crippen LogP contribution in [0.2, 0.25) is 0 Å². The molecule has 0 aromatic heterocycles. The van der Waals surface area contributed by atoms with Crippen LogP contribution in [-0.2, 0) is 0 Å². The van der Waals surface area contributed by atoms with E-state index in [0.29, 0.717) is 0 Å². The molecule has 1 aliphatic rings. The topological polar surface area (TPSA) is 83.2 Å². The second-order valence-electron chi connectivity index (χ2n) is 2.37. The Labute approximate surface area is 65.2 Å². The number of guanidine groups is 1. The lowest BCUT2D eigenvalue weighted by Crippen LogP contribution is -2.50. The third-order valence-corrected chi connectivity index (χ3v) is 1.31. The van der Waals surface area contributed by atoms with E-state index in [1.165, 1.54) is 0 Å². The normalized spacial score (nSPS) is 24.2. The van der Waals surface area contributed by atoms with Crippen molar-refractivity contribution in [2.75, 3.05) is 14.1 Å². The highest BCUT2D eigenvalue weighted by Crippen LogP contribution is 1.98. The summed E-state index contributed by atoms with van der Waals surface area (Å²) in [6.07, 6.45) is 1.09. The Morgan fingerprint density at radius 2 is 2.27 bits per heavy atom. The molecule has 0 aromatic rings. The molecule has 6 nitrogen and oxygen atoms in total. The van der Waals surface area contributed by atoms with Gasteiger partial charge in [-0.05, 0) is 0 Å². The van der Waals surface area contributed by atoms with Gasteiger partial charge in [0.05, 0.1) is 0 Å². The van der Waals surface area contributed by atoms with E-state index in [4.69, 9.17) is 11.5 Å². The number of rotatable bonds is 1. The Balaban J connectivity index is 2.69. The molecular formula is C5H12N6. The van der Waals surface area contributed by atoms with Gasteiger partial charge in [-0.15, -0.1) is 0 Å². The molecule has 0 bridgehead atoms. The Kier molecular flexibility index (Phi) is 2.06. The van der Waals surface area contributed by atoms with Gasteiger partial charge in [0.15, 0.2) is 6.29 Å². The first-order valence-electron chi connectivity index (χ1n) is 3.20. The smallest absolute Gasteiger partial charge is 0.220 e. The van der Waals surface area contributed by atoms with Gasteiger partial charge in [-0.2, -0.15) is 0 Å². The van der Waals surface area contributed by atoms with Gasteiger partial charge in [-0.1, -0.05) is 0 Å². The van der Waals surface area contributed by atoms with E-state index in [2.05, 4.69) is 9.98 Å². The Bertz CT molecular complexity index is 195. The number of hydrogen-bond donors (Lipinski definition) is 2. The van der Waals surface area contributed by atoms with Crippen molar-refractivity contribution in [1.82, 2.24) is 10.0 Å². The zero-order chi connectivity index (χ0) is 8.43. The molecule has 1 aliphatic heterocycles. The minimum Gasteiger partial charge on any atom is -0.368 e. The first kappa shape index (κ1) is 7.96. The predicted octanol–water partition coefficient (Wildman–Crippen LogP) is -1.64. The first-order valence-corrected chi connectivity index (χ1v) is 3.20. The van der Waals surface area contributed by atoms with Crippen molar-refractivity contribution in [3.63, 3.8) is 0 Å². The lowest BCUT2D eigenvalue weighted by atomic mass is 10.7. The van der Waals surface area contributed by atoms with Crippen molar-refractivity contribution in [2.24, 2.45) is 21.5 Å². The third-order valence-electron chi connectivity index (χ3n) is 1.31. The summed E-state index contributed by atoms with van der Waals surface area (Å²) in [5.74, 6) is 0.218. The van der Waals surface area contributed by atoms with Crippen molar-refractivity contribution < 1.29 is 0 Å². The minimum atomic E-state index is -0.456. The molecule has 11 heavy (non-hydrogen) atoms. The Hall–Kier alpha value is -1.14. The van der Waals surface area contributed by atoms with Gasteiger partial charge in [0, 0.05) is 14.1 Å². The molecule has 0 fully saturated rings. The van der Waals surface area contributed by atoms with Crippen LogP contribution >= 0.6 is 0 Å². The van der Waals surface area contributed by atoms with Crippen LogP contribution in [-0.4, -0.2) is 42.7 Å². The van der Waals surface area contributed by atoms with Crippen LogP contribution in [0.3, 0.4) is 0 Å². The highest BCUT2D eigenvalue weighted by atomic mass is 15.7. The Morgan fingerprint density at radius 1 is 1.64 bits per heavy atom. The number of nitrogens with zero attached hydrogens (tertiary/aromatic N) is 4. The molecule has 4 N–H and O–H groups in total. The maximum atomic E-state index is 5.60. The van der Waals surface area contributed by atoms with Crippen LogP contribution in [0.15, 0.2) is 9.98 Å². The first-order chi connectivity index (χ1) is 5.11. The molecular weight excluding hydrogens is 144 g/mol. The van der Waals surface area contributed by atoms with E-state index in [0.717, 1.165) is 0 Å². The van der Waals surface area contributed by atoms with E-state index in [1.807, 2.05) is 14.1 Å². The van der Waals surface area contributed by atoms with Crippen molar-refractivity contribution >= 4 is 12.3 Å². The standard InChI is InChI=1S/C5H12N6/c1-10(2)11-3-8-4(6)9-5(11)7/h3,5H,7H2,1-2H3,(H2,6,9). The van der Waals surface area contributed by atoms with Crippen molar-refractivity contribution in [3.05, 3.63) is 0 Å². The van der Waals surface area contributed by atoms with Gasteiger partial charge in [-0.25, -0.2) is 15.0 Å². The zero-order valence-electron chi connectivity index (χ0n) is 6.60. The zero-order valence-corrected chi connectivity index (χ0v) is 6.60. The fourth-order valence-corrected chi connectivity index (χ4v) is 0.755. The van der Waals surface area contributed by atoms with E-state index in [-0.39, 0.29) is 5.96 Å². The van der Waals surface area contributed by atoms with Crippen molar-refractivity contribution in [1.29, 1.82) is 0 Å². The van der Waals surface area contributed by atoms with Gasteiger partial charge in [-0.3, -0.25) is 10.7 Å². The fourth-order valence-electron chi connectivity index (χ4n) is 0.755. The summed E-state index contributed by atoms with van der Waals surface area (Å²) in [5.41, 5.74) is 10.9. The number of hydrogen-bond acceptors (Lipinski definition) is 6. The summed E-state index contributed by atoms with van der Waals surface area (Å²) in [4.78, 5) is 7.63.